The lowest BCUT2D eigenvalue weighted by Gasteiger charge is -2.24. The first-order valence-corrected chi connectivity index (χ1v) is 7.08. The number of thioether (sulfide) groups is 1. The van der Waals surface area contributed by atoms with Crippen molar-refractivity contribution in [3.63, 3.8) is 0 Å². The van der Waals surface area contributed by atoms with Crippen LogP contribution in [0.1, 0.15) is 32.6 Å². The molecule has 0 aliphatic carbocycles. The van der Waals surface area contributed by atoms with Gasteiger partial charge in [-0.3, -0.25) is 0 Å². The Hall–Kier alpha value is 0.01000. The highest BCUT2D eigenvalue weighted by molar-refractivity contribution is 8.03. The Balaban J connectivity index is 1.85. The molecular weight excluding hydrogens is 204 g/mol. The van der Waals surface area contributed by atoms with E-state index in [1.807, 2.05) is 11.8 Å². The van der Waals surface area contributed by atoms with Crippen molar-refractivity contribution in [2.45, 2.75) is 44.0 Å². The van der Waals surface area contributed by atoms with Gasteiger partial charge in [0, 0.05) is 11.8 Å². The topological polar surface area (TPSA) is 24.1 Å². The van der Waals surface area contributed by atoms with Gasteiger partial charge in [0.05, 0.1) is 6.17 Å². The van der Waals surface area contributed by atoms with Crippen LogP contribution in [-0.2, 0) is 0 Å². The van der Waals surface area contributed by atoms with E-state index in [0.29, 0.717) is 6.17 Å². The molecule has 2 N–H and O–H groups in total. The fraction of sp³-hybridized carbons (Fsp3) is 0.833. The molecule has 0 aromatic carbocycles. The second kappa shape index (κ2) is 5.92. The van der Waals surface area contributed by atoms with E-state index < -0.39 is 0 Å². The fourth-order valence-electron chi connectivity index (χ4n) is 2.38. The van der Waals surface area contributed by atoms with Gasteiger partial charge in [0.1, 0.15) is 0 Å². The van der Waals surface area contributed by atoms with Crippen LogP contribution in [-0.4, -0.2) is 24.5 Å². The molecule has 3 unspecified atom stereocenters. The maximum atomic E-state index is 3.60. The van der Waals surface area contributed by atoms with Gasteiger partial charge in [-0.1, -0.05) is 12.5 Å². The summed E-state index contributed by atoms with van der Waals surface area (Å²) in [6.07, 6.45) is 8.17. The van der Waals surface area contributed by atoms with Crippen molar-refractivity contribution in [1.82, 2.24) is 10.6 Å². The molecule has 3 heteroatoms. The molecule has 2 aliphatic rings. The van der Waals surface area contributed by atoms with Gasteiger partial charge in [0.2, 0.25) is 0 Å². The number of hydrogen-bond donors (Lipinski definition) is 2. The van der Waals surface area contributed by atoms with Gasteiger partial charge in [0.15, 0.2) is 0 Å². The normalized spacial score (nSPS) is 38.3. The summed E-state index contributed by atoms with van der Waals surface area (Å²) >= 11 is 2.03. The molecular formula is C12H22N2S. The Labute approximate surface area is 97.3 Å². The van der Waals surface area contributed by atoms with Crippen molar-refractivity contribution < 1.29 is 0 Å². The van der Waals surface area contributed by atoms with Crippen LogP contribution >= 0.6 is 11.8 Å². The van der Waals surface area contributed by atoms with Crippen LogP contribution in [0.2, 0.25) is 0 Å². The van der Waals surface area contributed by atoms with Crippen molar-refractivity contribution in [3.8, 4) is 0 Å². The first-order valence-electron chi connectivity index (χ1n) is 6.13. The van der Waals surface area contributed by atoms with Crippen LogP contribution in [0.25, 0.3) is 0 Å². The Morgan fingerprint density at radius 1 is 1.27 bits per heavy atom. The molecule has 2 aliphatic heterocycles. The predicted molar refractivity (Wildman–Crippen MR) is 67.9 cm³/mol. The lowest BCUT2D eigenvalue weighted by Crippen LogP contribution is -2.42. The zero-order chi connectivity index (χ0) is 10.5. The average molecular weight is 226 g/mol. The minimum absolute atomic E-state index is 0.477. The predicted octanol–water partition coefficient (Wildman–Crippen LogP) is 2.33. The summed E-state index contributed by atoms with van der Waals surface area (Å²) < 4.78 is 0. The van der Waals surface area contributed by atoms with Gasteiger partial charge in [-0.25, -0.2) is 0 Å². The largest absolute Gasteiger partial charge is 0.302 e. The molecule has 0 aromatic heterocycles. The summed E-state index contributed by atoms with van der Waals surface area (Å²) in [6, 6.07) is 0. The molecule has 0 radical (unpaired) electrons. The van der Waals surface area contributed by atoms with Crippen LogP contribution in [0.4, 0.5) is 0 Å². The molecule has 0 amide bonds. The Bertz CT molecular complexity index is 210. The molecule has 2 nitrogen and oxygen atoms in total. The van der Waals surface area contributed by atoms with Crippen LogP contribution in [0, 0.1) is 5.92 Å². The molecule has 15 heavy (non-hydrogen) atoms. The molecule has 0 spiro atoms. The zero-order valence-corrected chi connectivity index (χ0v) is 10.4. The molecule has 1 saturated heterocycles. The van der Waals surface area contributed by atoms with Gasteiger partial charge < -0.3 is 10.6 Å². The summed E-state index contributed by atoms with van der Waals surface area (Å²) in [4.78, 5) is 0. The van der Waals surface area contributed by atoms with E-state index in [4.69, 9.17) is 0 Å². The summed E-state index contributed by atoms with van der Waals surface area (Å²) in [7, 11) is 0. The molecule has 0 bridgehead atoms. The average Bonchev–Trinajstić information content (AvgIpc) is 2.75. The summed E-state index contributed by atoms with van der Waals surface area (Å²) in [5.74, 6) is 0.854. The monoisotopic (exact) mass is 226 g/mol. The van der Waals surface area contributed by atoms with Crippen molar-refractivity contribution in [2.24, 2.45) is 5.92 Å². The highest BCUT2D eigenvalue weighted by Gasteiger charge is 2.23. The van der Waals surface area contributed by atoms with Crippen LogP contribution < -0.4 is 10.6 Å². The van der Waals surface area contributed by atoms with E-state index in [9.17, 15) is 0 Å². The molecule has 86 valence electrons. The quantitative estimate of drug-likeness (QED) is 0.717. The molecule has 0 aromatic rings. The molecule has 3 atom stereocenters. The van der Waals surface area contributed by atoms with E-state index in [2.05, 4.69) is 29.0 Å². The number of hydrogen-bond acceptors (Lipinski definition) is 3. The maximum Gasteiger partial charge on any atom is 0.0542 e. The van der Waals surface area contributed by atoms with Gasteiger partial charge in [-0.05, 0) is 44.1 Å². The van der Waals surface area contributed by atoms with Gasteiger partial charge in [-0.15, -0.1) is 11.8 Å². The summed E-state index contributed by atoms with van der Waals surface area (Å²) in [6.45, 7) is 4.56. The minimum atomic E-state index is 0.477. The van der Waals surface area contributed by atoms with Crippen molar-refractivity contribution in [3.05, 3.63) is 11.5 Å². The maximum absolute atomic E-state index is 3.60. The van der Waals surface area contributed by atoms with Gasteiger partial charge in [0.25, 0.3) is 0 Å². The molecule has 1 fully saturated rings. The third-order valence-electron chi connectivity index (χ3n) is 3.38. The second-order valence-corrected chi connectivity index (χ2v) is 5.77. The highest BCUT2D eigenvalue weighted by atomic mass is 32.2. The van der Waals surface area contributed by atoms with Crippen molar-refractivity contribution in [1.29, 1.82) is 0 Å². The number of allylic oxidation sites excluding steroid dienone is 1. The van der Waals surface area contributed by atoms with E-state index in [1.54, 1.807) is 0 Å². The smallest absolute Gasteiger partial charge is 0.0542 e. The van der Waals surface area contributed by atoms with Crippen LogP contribution in [0.5, 0.6) is 0 Å². The third kappa shape index (κ3) is 3.51. The Kier molecular flexibility index (Phi) is 4.54. The molecule has 2 heterocycles. The summed E-state index contributed by atoms with van der Waals surface area (Å²) in [5, 5.41) is 10.2. The third-order valence-corrected chi connectivity index (χ3v) is 4.66. The van der Waals surface area contributed by atoms with E-state index in [-0.39, 0.29) is 0 Å². The van der Waals surface area contributed by atoms with E-state index in [0.717, 1.165) is 17.7 Å². The SMILES string of the molecule is CC1NCCCCC(C2CC=CS2)CN1. The van der Waals surface area contributed by atoms with Crippen molar-refractivity contribution in [2.75, 3.05) is 13.1 Å². The highest BCUT2D eigenvalue weighted by Crippen LogP contribution is 2.32. The fourth-order valence-corrected chi connectivity index (χ4v) is 3.48. The minimum Gasteiger partial charge on any atom is -0.302 e. The van der Waals surface area contributed by atoms with Gasteiger partial charge in [-0.2, -0.15) is 0 Å². The van der Waals surface area contributed by atoms with Crippen molar-refractivity contribution >= 4 is 11.8 Å². The standard InChI is InChI=1S/C12H22N2S/c1-10-13-7-3-2-5-11(9-14-10)12-6-4-8-15-12/h4,8,10-14H,2-3,5-7,9H2,1H3. The van der Waals surface area contributed by atoms with Crippen LogP contribution in [0.15, 0.2) is 11.5 Å². The lowest BCUT2D eigenvalue weighted by atomic mass is 9.96. The molecule has 0 saturated carbocycles. The Morgan fingerprint density at radius 3 is 3.00 bits per heavy atom. The summed E-state index contributed by atoms with van der Waals surface area (Å²) in [5.41, 5.74) is 0. The van der Waals surface area contributed by atoms with E-state index >= 15 is 0 Å². The zero-order valence-electron chi connectivity index (χ0n) is 9.54. The van der Waals surface area contributed by atoms with Crippen LogP contribution in [0.3, 0.4) is 0 Å². The molecule has 2 rings (SSSR count). The first-order chi connectivity index (χ1) is 7.36. The Morgan fingerprint density at radius 2 is 2.20 bits per heavy atom. The number of nitrogens with one attached hydrogen (secondary N) is 2. The number of rotatable bonds is 1. The first kappa shape index (κ1) is 11.5. The lowest BCUT2D eigenvalue weighted by molar-refractivity contribution is 0.396. The van der Waals surface area contributed by atoms with E-state index in [1.165, 1.54) is 32.2 Å². The van der Waals surface area contributed by atoms with Gasteiger partial charge >= 0.3 is 0 Å². The second-order valence-electron chi connectivity index (χ2n) is 4.62.